The number of ketones is 2. The van der Waals surface area contributed by atoms with Crippen LogP contribution < -0.4 is 27.4 Å². The first kappa shape index (κ1) is 87.7. The number of Topliss-reactive ketones (excluding diaryl/α,β-unsaturated/α-hetero) is 2. The van der Waals surface area contributed by atoms with Gasteiger partial charge in [-0.1, -0.05) is 83.3 Å². The molecule has 1 amide bonds. The molecule has 3 aliphatic carbocycles. The number of primary amides is 1. The van der Waals surface area contributed by atoms with Gasteiger partial charge in [0.1, 0.15) is 80.3 Å². The van der Waals surface area contributed by atoms with Gasteiger partial charge in [0.15, 0.2) is 16.9 Å². The molecular weight excluding hydrogens is 1650 g/mol. The second-order valence-corrected chi connectivity index (χ2v) is 36.9. The van der Waals surface area contributed by atoms with E-state index in [2.05, 4.69) is 45.4 Å². The maximum absolute atomic E-state index is 12.6. The molecule has 4 aromatic carbocycles. The molecule has 11 heterocycles. The molecule has 3 saturated carbocycles. The Morgan fingerprint density at radius 1 is 0.437 bits per heavy atom. The molecule has 7 aliphatic rings. The van der Waals surface area contributed by atoms with E-state index in [0.717, 1.165) is 228 Å². The van der Waals surface area contributed by atoms with E-state index >= 15 is 0 Å². The van der Waals surface area contributed by atoms with Crippen molar-refractivity contribution in [2.45, 2.75) is 182 Å². The Morgan fingerprint density at radius 2 is 0.807 bits per heavy atom. The molecule has 0 bridgehead atoms. The summed E-state index contributed by atoms with van der Waals surface area (Å²) in [5.41, 5.74) is 24.2. The van der Waals surface area contributed by atoms with Gasteiger partial charge < -0.3 is 41.6 Å². The Labute approximate surface area is 716 Å². The number of hydrogen-bond donors (Lipinski definition) is 5. The van der Waals surface area contributed by atoms with Crippen LogP contribution in [0.5, 0.6) is 0 Å². The zero-order chi connectivity index (χ0) is 84.3. The summed E-state index contributed by atoms with van der Waals surface area (Å²) in [5, 5.41) is 11.4. The van der Waals surface area contributed by atoms with E-state index in [4.69, 9.17) is 75.4 Å². The summed E-state index contributed by atoms with van der Waals surface area (Å²) in [6, 6.07) is 37.0. The number of carbonyl (C=O) groups excluding carboxylic acids is 3. The number of ether oxygens (including phenoxy) is 3. The maximum atomic E-state index is 12.6. The van der Waals surface area contributed by atoms with Gasteiger partial charge in [0, 0.05) is 99.3 Å². The lowest BCUT2D eigenvalue weighted by Crippen LogP contribution is -2.19. The van der Waals surface area contributed by atoms with Crippen molar-refractivity contribution in [1.82, 2.24) is 48.6 Å². The molecule has 7 N–H and O–H groups in total. The molecule has 18 rings (SSSR count). The Kier molecular flexibility index (Phi) is 29.5. The Hall–Kier alpha value is -9.08. The van der Waals surface area contributed by atoms with Crippen molar-refractivity contribution in [3.8, 4) is 0 Å². The van der Waals surface area contributed by atoms with Crippen molar-refractivity contribution in [3.05, 3.63) is 171 Å². The molecule has 4 aliphatic heterocycles. The van der Waals surface area contributed by atoms with E-state index in [9.17, 15) is 31.2 Å². The SMILES string of the molecule is CC1=Nc2c(Nc3ccccc3S(C)=O)cc(CC(=O)C3CC3)nc2C1.CS(=O)c1ccccc1N.Cc1nc2c(Cl)cc(Cl)nc2n1C1CCCCO1.Cc1nc2c(Nc3ccccc3S(C)=O)cc(CC(=O)C3CC3)nc2n1C1CCCCO1.Cc1nc2c(Nc3ccccc3S(C)=O)cc(Cl)nc2n1C1CCCCO1.NC(=O)C1CC1. The van der Waals surface area contributed by atoms with Crippen molar-refractivity contribution in [1.29, 1.82) is 0 Å². The van der Waals surface area contributed by atoms with Crippen LogP contribution in [-0.4, -0.2) is 133 Å². The molecule has 7 unspecified atom stereocenters. The number of hydrogen-bond acceptors (Lipinski definition) is 22. The number of aliphatic imine (C=N–C) groups is 1. The van der Waals surface area contributed by atoms with Crippen LogP contribution in [0.1, 0.15) is 156 Å². The number of pyridine rings is 4. The molecule has 628 valence electrons. The van der Waals surface area contributed by atoms with E-state index in [0.29, 0.717) is 62.0 Å². The fourth-order valence-electron chi connectivity index (χ4n) is 14.6. The van der Waals surface area contributed by atoms with Gasteiger partial charge >= 0.3 is 0 Å². The van der Waals surface area contributed by atoms with Gasteiger partial charge in [-0.15, -0.1) is 0 Å². The highest BCUT2D eigenvalue weighted by Crippen LogP contribution is 2.42. The number of rotatable bonds is 20. The fraction of sp³-hybridized carbons (Fsp3) is 0.407. The number of benzene rings is 4. The number of anilines is 7. The average molecular weight is 1750 g/mol. The molecule has 7 aromatic heterocycles. The smallest absolute Gasteiger partial charge is 0.220 e. The highest BCUT2D eigenvalue weighted by molar-refractivity contribution is 7.85. The number of nitrogen functional groups attached to an aromatic ring is 1. The highest BCUT2D eigenvalue weighted by Gasteiger charge is 2.34. The number of aryl methyl sites for hydroxylation is 3. The summed E-state index contributed by atoms with van der Waals surface area (Å²) in [5.74, 6) is 3.56. The minimum atomic E-state index is -1.14. The molecular formula is C86H99Cl3N16O10S4. The summed E-state index contributed by atoms with van der Waals surface area (Å²) < 4.78 is 71.1. The van der Waals surface area contributed by atoms with Crippen LogP contribution in [0.3, 0.4) is 0 Å². The topological polar surface area (TPSA) is 353 Å². The average Bonchev–Trinajstić information content (AvgIpc) is 1.62. The molecule has 119 heavy (non-hydrogen) atoms. The number of carbonyl (C=O) groups is 3. The van der Waals surface area contributed by atoms with E-state index in [1.807, 2.05) is 134 Å². The summed E-state index contributed by atoms with van der Waals surface area (Å²) in [6.07, 6.45) is 23.3. The molecule has 0 spiro atoms. The molecule has 3 saturated heterocycles. The lowest BCUT2D eigenvalue weighted by atomic mass is 10.1. The van der Waals surface area contributed by atoms with Gasteiger partial charge in [0.2, 0.25) is 5.91 Å². The van der Waals surface area contributed by atoms with Crippen molar-refractivity contribution in [2.75, 3.05) is 66.5 Å². The van der Waals surface area contributed by atoms with Gasteiger partial charge in [-0.2, -0.15) is 0 Å². The first-order valence-electron chi connectivity index (χ1n) is 39.9. The number of para-hydroxylation sites is 4. The number of nitrogens with zero attached hydrogens (tertiary/aromatic N) is 11. The van der Waals surface area contributed by atoms with Crippen LogP contribution in [0.15, 0.2) is 146 Å². The number of fused-ring (bicyclic) bond motifs is 4. The molecule has 26 nitrogen and oxygen atoms in total. The third-order valence-corrected chi connectivity index (χ3v) is 25.6. The third kappa shape index (κ3) is 22.4. The predicted molar refractivity (Wildman–Crippen MR) is 473 cm³/mol. The van der Waals surface area contributed by atoms with Crippen molar-refractivity contribution in [3.63, 3.8) is 0 Å². The quantitative estimate of drug-likeness (QED) is 0.0349. The van der Waals surface area contributed by atoms with Crippen LogP contribution in [0.2, 0.25) is 15.3 Å². The predicted octanol–water partition coefficient (Wildman–Crippen LogP) is 17.4. The summed E-state index contributed by atoms with van der Waals surface area (Å²) in [6.45, 7) is 10.1. The number of amides is 1. The normalized spacial score (nSPS) is 18.4. The number of halogens is 3. The number of aromatic nitrogens is 10. The van der Waals surface area contributed by atoms with E-state index < -0.39 is 43.2 Å². The molecule has 6 fully saturated rings. The minimum absolute atomic E-state index is 0.00853. The lowest BCUT2D eigenvalue weighted by Gasteiger charge is -2.25. The summed E-state index contributed by atoms with van der Waals surface area (Å²) in [4.78, 5) is 74.7. The molecule has 0 radical (unpaired) electrons. The Balaban J connectivity index is 0.000000130. The van der Waals surface area contributed by atoms with Crippen molar-refractivity contribution in [2.24, 2.45) is 28.5 Å². The number of nitrogens with one attached hydrogen (secondary N) is 3. The van der Waals surface area contributed by atoms with Crippen LogP contribution in [0, 0.1) is 38.5 Å². The number of imidazole rings is 3. The fourth-order valence-corrected chi connectivity index (χ4v) is 18.0. The largest absolute Gasteiger partial charge is 0.398 e. The lowest BCUT2D eigenvalue weighted by molar-refractivity contribution is -0.120. The van der Waals surface area contributed by atoms with Gasteiger partial charge in [0.25, 0.3) is 0 Å². The van der Waals surface area contributed by atoms with Crippen LogP contribution in [0.25, 0.3) is 33.5 Å². The van der Waals surface area contributed by atoms with E-state index in [1.165, 1.54) is 0 Å². The number of nitrogens with two attached hydrogens (primary N) is 2. The van der Waals surface area contributed by atoms with Crippen molar-refractivity contribution < 1.29 is 45.4 Å². The van der Waals surface area contributed by atoms with Gasteiger partial charge in [-0.3, -0.25) is 54.9 Å². The zero-order valence-electron chi connectivity index (χ0n) is 67.8. The summed E-state index contributed by atoms with van der Waals surface area (Å²) in [7, 11) is -4.32. The standard InChI is InChI=1S/C24H28N4O3S.C20H21N3O2S.C19H21ClN4O2S.C12H13Cl2N3O.C7H9NOS.C4H7NO/c1-15-25-23-19(27-18-7-3-4-8-21(18)32(2)30)13-17(14-20(29)16-10-11-16)26-24(23)28(15)22-9-5-6-12-31-22;1-12-9-16-20(21-12)17(10-14(22-16)11-18(24)13-7-8-13)23-15-5-3-4-6-19(15)26(2)25;1-12-21-18-14(22-13-7-3-4-8-15(13)27(2)25)11-16(20)23-19(18)24(12)17-9-5-6-10-26-17;1-7-15-11-8(13)6-9(14)16-12(11)17(7)10-4-2-3-5-18-10;1-10(9)7-5-3-2-4-6(7)8;5-4(6)3-1-2-3/h3-4,7-8,13,16,22H,5-6,9-12,14H2,1-2H3,(H,26,27);3-6,10,13H,7-9,11H2,1-2H3,(H,22,23);3-4,7-8,11,17H,5-6,9-10H2,1-2H3,(H,22,23);6,10H,2-5H2,1H3;2-5H,8H2,1H3;3H,1-2H2,(H2,5,6). The van der Waals surface area contributed by atoms with Crippen LogP contribution >= 0.6 is 34.8 Å². The molecule has 7 atom stereocenters. The zero-order valence-corrected chi connectivity index (χ0v) is 73.3. The van der Waals surface area contributed by atoms with E-state index in [1.54, 1.807) is 49.3 Å². The first-order valence-corrected chi connectivity index (χ1v) is 47.3. The van der Waals surface area contributed by atoms with Crippen LogP contribution in [0.4, 0.5) is 45.5 Å². The van der Waals surface area contributed by atoms with Gasteiger partial charge in [-0.05, 0) is 191 Å². The maximum Gasteiger partial charge on any atom is 0.220 e. The molecule has 11 aromatic rings. The van der Waals surface area contributed by atoms with E-state index in [-0.39, 0.29) is 53.9 Å². The van der Waals surface area contributed by atoms with Gasteiger partial charge in [0.05, 0.1) is 119 Å². The highest BCUT2D eigenvalue weighted by atomic mass is 35.5. The Morgan fingerprint density at radius 3 is 1.20 bits per heavy atom. The second-order valence-electron chi connectivity index (χ2n) is 30.4. The first-order chi connectivity index (χ1) is 57.2. The molecule has 33 heteroatoms. The monoisotopic (exact) mass is 1750 g/mol. The summed E-state index contributed by atoms with van der Waals surface area (Å²) >= 11 is 18.4. The minimum Gasteiger partial charge on any atom is -0.398 e. The van der Waals surface area contributed by atoms with Crippen molar-refractivity contribution >= 4 is 180 Å². The second kappa shape index (κ2) is 40.1. The van der Waals surface area contributed by atoms with Gasteiger partial charge in [-0.25, -0.2) is 29.9 Å². The third-order valence-electron chi connectivity index (χ3n) is 21.0. The Bertz CT molecular complexity index is 5710. The van der Waals surface area contributed by atoms with Crippen LogP contribution in [-0.2, 0) is 91.1 Å².